The molecule has 26 heavy (non-hydrogen) atoms. The molecule has 1 aromatic heterocycles. The number of rotatable bonds is 7. The molecule has 140 valence electrons. The molecule has 0 aliphatic carbocycles. The molecule has 2 heterocycles. The zero-order valence-electron chi connectivity index (χ0n) is 15.1. The van der Waals surface area contributed by atoms with Crippen LogP contribution in [0.2, 0.25) is 0 Å². The van der Waals surface area contributed by atoms with E-state index in [0.717, 1.165) is 17.3 Å². The summed E-state index contributed by atoms with van der Waals surface area (Å²) in [4.78, 5) is 10.9. The lowest BCUT2D eigenvalue weighted by atomic mass is 10.2. The Kier molecular flexibility index (Phi) is 5.61. The van der Waals surface area contributed by atoms with Crippen LogP contribution in [0.25, 0.3) is 0 Å². The van der Waals surface area contributed by atoms with E-state index in [1.165, 1.54) is 0 Å². The lowest BCUT2D eigenvalue weighted by Gasteiger charge is -2.28. The Hall–Kier alpha value is -2.35. The quantitative estimate of drug-likeness (QED) is 0.795. The minimum Gasteiger partial charge on any atom is -0.492 e. The number of hydrogen-bond acceptors (Lipinski definition) is 7. The molecule has 2 aromatic rings. The molecule has 3 rings (SSSR count). The van der Waals surface area contributed by atoms with Gasteiger partial charge in [-0.3, -0.25) is 0 Å². The fraction of sp³-hybridized carbons (Fsp3) is 0.444. The summed E-state index contributed by atoms with van der Waals surface area (Å²) in [6, 6.07) is 9.39. The number of benzene rings is 1. The molecule has 7 nitrogen and oxygen atoms in total. The molecule has 0 amide bonds. The molecule has 0 saturated carbocycles. The average molecular weight is 376 g/mol. The van der Waals surface area contributed by atoms with Gasteiger partial charge in [-0.2, -0.15) is 4.98 Å². The first kappa shape index (κ1) is 18.4. The minimum absolute atomic E-state index is 0.0385. The van der Waals surface area contributed by atoms with Crippen LogP contribution in [0.5, 0.6) is 5.75 Å². The molecule has 0 bridgehead atoms. The van der Waals surface area contributed by atoms with Crippen LogP contribution < -0.4 is 15.0 Å². The van der Waals surface area contributed by atoms with Crippen molar-refractivity contribution in [2.75, 3.05) is 34.9 Å². The van der Waals surface area contributed by atoms with Crippen molar-refractivity contribution in [2.45, 2.75) is 26.3 Å². The summed E-state index contributed by atoms with van der Waals surface area (Å²) in [6.45, 7) is 5.19. The van der Waals surface area contributed by atoms with Crippen LogP contribution in [0, 0.1) is 0 Å². The van der Waals surface area contributed by atoms with E-state index in [4.69, 9.17) is 4.74 Å². The first-order chi connectivity index (χ1) is 12.5. The smallest absolute Gasteiger partial charge is 0.229 e. The Morgan fingerprint density at radius 1 is 1.27 bits per heavy atom. The van der Waals surface area contributed by atoms with Crippen molar-refractivity contribution in [1.29, 1.82) is 0 Å². The molecule has 0 radical (unpaired) electrons. The lowest BCUT2D eigenvalue weighted by molar-refractivity contribution is 0.342. The van der Waals surface area contributed by atoms with Crippen molar-refractivity contribution in [3.8, 4) is 5.75 Å². The van der Waals surface area contributed by atoms with E-state index >= 15 is 0 Å². The number of sulfone groups is 1. The maximum atomic E-state index is 11.8. The van der Waals surface area contributed by atoms with Crippen molar-refractivity contribution in [3.63, 3.8) is 0 Å². The van der Waals surface area contributed by atoms with E-state index in [2.05, 4.69) is 15.3 Å². The fourth-order valence-corrected chi connectivity index (χ4v) is 4.90. The van der Waals surface area contributed by atoms with Crippen molar-refractivity contribution in [3.05, 3.63) is 36.5 Å². The normalized spacial score (nSPS) is 18.5. The third kappa shape index (κ3) is 4.24. The SMILES string of the molecule is CCOc1ccccc1Nc1nccc(N(CC)C2CCS(=O)(=O)C2)n1. The third-order valence-electron chi connectivity index (χ3n) is 4.36. The Balaban J connectivity index is 1.82. The molecule has 1 unspecified atom stereocenters. The van der Waals surface area contributed by atoms with E-state index in [9.17, 15) is 8.42 Å². The Labute approximate surface area is 154 Å². The van der Waals surface area contributed by atoms with Crippen LogP contribution >= 0.6 is 0 Å². The van der Waals surface area contributed by atoms with Crippen molar-refractivity contribution < 1.29 is 13.2 Å². The summed E-state index contributed by atoms with van der Waals surface area (Å²) in [5, 5.41) is 3.19. The zero-order valence-corrected chi connectivity index (χ0v) is 15.9. The third-order valence-corrected chi connectivity index (χ3v) is 6.11. The van der Waals surface area contributed by atoms with E-state index in [1.807, 2.05) is 49.1 Å². The predicted octanol–water partition coefficient (Wildman–Crippen LogP) is 2.63. The second kappa shape index (κ2) is 7.90. The van der Waals surface area contributed by atoms with Crippen LogP contribution in [0.1, 0.15) is 20.3 Å². The Morgan fingerprint density at radius 3 is 2.77 bits per heavy atom. The number of aromatic nitrogens is 2. The number of para-hydroxylation sites is 2. The van der Waals surface area contributed by atoms with Gasteiger partial charge in [-0.25, -0.2) is 13.4 Å². The second-order valence-corrected chi connectivity index (χ2v) is 8.36. The highest BCUT2D eigenvalue weighted by Crippen LogP contribution is 2.27. The maximum Gasteiger partial charge on any atom is 0.229 e. The van der Waals surface area contributed by atoms with E-state index in [-0.39, 0.29) is 17.5 Å². The van der Waals surface area contributed by atoms with Crippen LogP contribution in [-0.2, 0) is 9.84 Å². The van der Waals surface area contributed by atoms with E-state index < -0.39 is 9.84 Å². The highest BCUT2D eigenvalue weighted by atomic mass is 32.2. The van der Waals surface area contributed by atoms with Crippen molar-refractivity contribution >= 4 is 27.3 Å². The average Bonchev–Trinajstić information content (AvgIpc) is 2.98. The molecule has 0 spiro atoms. The van der Waals surface area contributed by atoms with Gasteiger partial charge in [0.1, 0.15) is 11.6 Å². The Morgan fingerprint density at radius 2 is 2.08 bits per heavy atom. The molecule has 1 fully saturated rings. The number of nitrogens with zero attached hydrogens (tertiary/aromatic N) is 3. The van der Waals surface area contributed by atoms with Crippen LogP contribution in [0.15, 0.2) is 36.5 Å². The first-order valence-corrected chi connectivity index (χ1v) is 10.6. The molecular weight excluding hydrogens is 352 g/mol. The molecule has 1 N–H and O–H groups in total. The molecular formula is C18H24N4O3S. The van der Waals surface area contributed by atoms with Crippen LogP contribution in [-0.4, -0.2) is 49.1 Å². The molecule has 1 aliphatic rings. The van der Waals surface area contributed by atoms with Crippen molar-refractivity contribution in [1.82, 2.24) is 9.97 Å². The van der Waals surface area contributed by atoms with Gasteiger partial charge in [0.2, 0.25) is 5.95 Å². The van der Waals surface area contributed by atoms with Gasteiger partial charge in [-0.05, 0) is 38.5 Å². The topological polar surface area (TPSA) is 84.4 Å². The molecule has 1 aromatic carbocycles. The number of hydrogen-bond donors (Lipinski definition) is 1. The first-order valence-electron chi connectivity index (χ1n) is 8.81. The number of ether oxygens (including phenoxy) is 1. The Bertz CT molecular complexity index is 857. The summed E-state index contributed by atoms with van der Waals surface area (Å²) in [5.74, 6) is 2.33. The molecule has 1 saturated heterocycles. The molecule has 1 atom stereocenters. The van der Waals surface area contributed by atoms with Gasteiger partial charge in [0.15, 0.2) is 9.84 Å². The van der Waals surface area contributed by atoms with Gasteiger partial charge in [-0.15, -0.1) is 0 Å². The van der Waals surface area contributed by atoms with Gasteiger partial charge in [-0.1, -0.05) is 12.1 Å². The van der Waals surface area contributed by atoms with Gasteiger partial charge in [0, 0.05) is 18.8 Å². The van der Waals surface area contributed by atoms with E-state index in [0.29, 0.717) is 25.5 Å². The largest absolute Gasteiger partial charge is 0.492 e. The second-order valence-electron chi connectivity index (χ2n) is 6.14. The van der Waals surface area contributed by atoms with Gasteiger partial charge in [0.05, 0.1) is 23.8 Å². The highest BCUT2D eigenvalue weighted by molar-refractivity contribution is 7.91. The van der Waals surface area contributed by atoms with Gasteiger partial charge in [0.25, 0.3) is 0 Å². The summed E-state index contributed by atoms with van der Waals surface area (Å²) in [7, 11) is -2.95. The number of nitrogens with one attached hydrogen (secondary N) is 1. The molecule has 8 heteroatoms. The predicted molar refractivity (Wildman–Crippen MR) is 103 cm³/mol. The molecule has 1 aliphatic heterocycles. The van der Waals surface area contributed by atoms with Crippen LogP contribution in [0.3, 0.4) is 0 Å². The zero-order chi connectivity index (χ0) is 18.6. The van der Waals surface area contributed by atoms with E-state index in [1.54, 1.807) is 6.20 Å². The summed E-state index contributed by atoms with van der Waals surface area (Å²) in [5.41, 5.74) is 0.790. The lowest BCUT2D eigenvalue weighted by Crippen LogP contribution is -2.36. The summed E-state index contributed by atoms with van der Waals surface area (Å²) in [6.07, 6.45) is 2.32. The monoisotopic (exact) mass is 376 g/mol. The highest BCUT2D eigenvalue weighted by Gasteiger charge is 2.32. The fourth-order valence-electron chi connectivity index (χ4n) is 3.17. The van der Waals surface area contributed by atoms with Gasteiger partial charge < -0.3 is 15.0 Å². The number of anilines is 3. The van der Waals surface area contributed by atoms with Crippen LogP contribution in [0.4, 0.5) is 17.5 Å². The van der Waals surface area contributed by atoms with Gasteiger partial charge >= 0.3 is 0 Å². The minimum atomic E-state index is -2.95. The summed E-state index contributed by atoms with van der Waals surface area (Å²) >= 11 is 0. The summed E-state index contributed by atoms with van der Waals surface area (Å²) < 4.78 is 29.2. The standard InChI is InChI=1S/C18H24N4O3S/c1-3-22(14-10-12-26(23,24)13-14)17-9-11-19-18(21-17)20-15-7-5-6-8-16(15)25-4-2/h5-9,11,14H,3-4,10,12-13H2,1-2H3,(H,19,20,21). The van der Waals surface area contributed by atoms with Crippen molar-refractivity contribution in [2.24, 2.45) is 0 Å². The maximum absolute atomic E-state index is 11.8.